The number of carbonyl (C=O) groups excluding carboxylic acids is 1. The van der Waals surface area contributed by atoms with Gasteiger partial charge in [-0.25, -0.2) is 9.59 Å². The van der Waals surface area contributed by atoms with E-state index in [0.717, 1.165) is 0 Å². The number of anilines is 1. The first kappa shape index (κ1) is 13.9. The van der Waals surface area contributed by atoms with Crippen LogP contribution in [0.5, 0.6) is 0 Å². The predicted molar refractivity (Wildman–Crippen MR) is 75.3 cm³/mol. The Morgan fingerprint density at radius 1 is 1.50 bits per heavy atom. The first-order valence-electron chi connectivity index (χ1n) is 6.40. The van der Waals surface area contributed by atoms with E-state index in [1.54, 1.807) is 24.3 Å². The van der Waals surface area contributed by atoms with Gasteiger partial charge in [0.05, 0.1) is 0 Å². The third-order valence-corrected chi connectivity index (χ3v) is 3.49. The zero-order valence-corrected chi connectivity index (χ0v) is 11.2. The topological polar surface area (TPSA) is 69.6 Å². The van der Waals surface area contributed by atoms with Gasteiger partial charge in [-0.15, -0.1) is 6.42 Å². The molecule has 1 aromatic carbocycles. The maximum Gasteiger partial charge on any atom is 0.326 e. The summed E-state index contributed by atoms with van der Waals surface area (Å²) in [6, 6.07) is 5.71. The second-order valence-corrected chi connectivity index (χ2v) is 4.90. The fourth-order valence-corrected chi connectivity index (χ4v) is 2.43. The van der Waals surface area contributed by atoms with Gasteiger partial charge in [0, 0.05) is 17.8 Å². The highest BCUT2D eigenvalue weighted by Gasteiger charge is 2.39. The fraction of sp³-hybridized carbons (Fsp3) is 0.333. The molecule has 2 unspecified atom stereocenters. The second kappa shape index (κ2) is 5.66. The lowest BCUT2D eigenvalue weighted by molar-refractivity contribution is -0.142. The maximum atomic E-state index is 12.2. The van der Waals surface area contributed by atoms with Crippen molar-refractivity contribution >= 4 is 17.7 Å². The lowest BCUT2D eigenvalue weighted by Gasteiger charge is -2.23. The molecule has 0 aliphatic carbocycles. The zero-order valence-electron chi connectivity index (χ0n) is 11.2. The Hall–Kier alpha value is -2.48. The van der Waals surface area contributed by atoms with Crippen LogP contribution >= 0.6 is 0 Å². The number of terminal acetylenes is 1. The van der Waals surface area contributed by atoms with Crippen LogP contribution in [-0.4, -0.2) is 34.6 Å². The lowest BCUT2D eigenvalue weighted by Crippen LogP contribution is -2.44. The minimum atomic E-state index is -0.970. The molecule has 2 amide bonds. The Balaban J connectivity index is 2.12. The number of carboxylic acids is 1. The number of carbonyl (C=O) groups is 2. The Morgan fingerprint density at radius 2 is 2.25 bits per heavy atom. The largest absolute Gasteiger partial charge is 0.480 e. The van der Waals surface area contributed by atoms with Crippen LogP contribution in [0.2, 0.25) is 0 Å². The van der Waals surface area contributed by atoms with Crippen LogP contribution in [0.25, 0.3) is 0 Å². The monoisotopic (exact) mass is 272 g/mol. The Kier molecular flexibility index (Phi) is 3.94. The maximum absolute atomic E-state index is 12.2. The fourth-order valence-electron chi connectivity index (χ4n) is 2.43. The molecule has 1 aromatic rings. The average Bonchev–Trinajstić information content (AvgIpc) is 2.81. The van der Waals surface area contributed by atoms with Crippen LogP contribution in [0.1, 0.15) is 18.9 Å². The van der Waals surface area contributed by atoms with Crippen molar-refractivity contribution in [3.63, 3.8) is 0 Å². The van der Waals surface area contributed by atoms with E-state index in [-0.39, 0.29) is 5.92 Å². The van der Waals surface area contributed by atoms with Crippen LogP contribution in [0, 0.1) is 18.3 Å². The Bertz CT molecular complexity index is 577. The molecular formula is C15H16N2O3. The van der Waals surface area contributed by atoms with E-state index in [2.05, 4.69) is 11.2 Å². The van der Waals surface area contributed by atoms with Crippen LogP contribution in [0.15, 0.2) is 24.3 Å². The molecule has 1 saturated heterocycles. The number of carboxylic acid groups (broad SMARTS) is 1. The van der Waals surface area contributed by atoms with Crippen molar-refractivity contribution in [1.29, 1.82) is 0 Å². The summed E-state index contributed by atoms with van der Waals surface area (Å²) in [5, 5.41) is 11.9. The zero-order chi connectivity index (χ0) is 14.7. The molecule has 1 aliphatic heterocycles. The molecule has 1 heterocycles. The summed E-state index contributed by atoms with van der Waals surface area (Å²) in [6.07, 6.45) is 5.99. The van der Waals surface area contributed by atoms with Gasteiger partial charge in [-0.2, -0.15) is 0 Å². The minimum Gasteiger partial charge on any atom is -0.480 e. The van der Waals surface area contributed by atoms with Crippen molar-refractivity contribution in [1.82, 2.24) is 4.90 Å². The molecule has 5 heteroatoms. The summed E-state index contributed by atoms with van der Waals surface area (Å²) < 4.78 is 0. The van der Waals surface area contributed by atoms with Gasteiger partial charge in [0.2, 0.25) is 0 Å². The highest BCUT2D eigenvalue weighted by atomic mass is 16.4. The normalized spacial score (nSPS) is 21.3. The molecule has 1 aliphatic rings. The van der Waals surface area contributed by atoms with Crippen LogP contribution in [0.3, 0.4) is 0 Å². The van der Waals surface area contributed by atoms with E-state index in [1.807, 2.05) is 6.92 Å². The molecule has 1 fully saturated rings. The number of hydrogen-bond acceptors (Lipinski definition) is 2. The van der Waals surface area contributed by atoms with Gasteiger partial charge >= 0.3 is 12.0 Å². The van der Waals surface area contributed by atoms with E-state index in [1.165, 1.54) is 4.90 Å². The number of nitrogens with zero attached hydrogens (tertiary/aromatic N) is 1. The van der Waals surface area contributed by atoms with E-state index in [9.17, 15) is 14.7 Å². The van der Waals surface area contributed by atoms with Crippen molar-refractivity contribution in [3.05, 3.63) is 29.8 Å². The number of hydrogen-bond donors (Lipinski definition) is 2. The van der Waals surface area contributed by atoms with E-state index < -0.39 is 18.0 Å². The third kappa shape index (κ3) is 2.75. The van der Waals surface area contributed by atoms with Gasteiger partial charge in [0.15, 0.2) is 0 Å². The molecule has 0 radical (unpaired) electrons. The third-order valence-electron chi connectivity index (χ3n) is 3.49. The number of nitrogens with one attached hydrogen (secondary N) is 1. The summed E-state index contributed by atoms with van der Waals surface area (Å²) in [5.41, 5.74) is 1.22. The Labute approximate surface area is 117 Å². The molecular weight excluding hydrogens is 256 g/mol. The summed E-state index contributed by atoms with van der Waals surface area (Å²) in [7, 11) is 0. The van der Waals surface area contributed by atoms with Crippen LogP contribution in [0.4, 0.5) is 10.5 Å². The summed E-state index contributed by atoms with van der Waals surface area (Å²) in [4.78, 5) is 24.8. The molecule has 2 atom stereocenters. The number of aliphatic carboxylic acids is 1. The molecule has 0 bridgehead atoms. The highest BCUT2D eigenvalue weighted by Crippen LogP contribution is 2.25. The summed E-state index contributed by atoms with van der Waals surface area (Å²) >= 11 is 0. The molecule has 0 spiro atoms. The average molecular weight is 272 g/mol. The number of likely N-dealkylation sites (tertiary alicyclic amines) is 1. The van der Waals surface area contributed by atoms with Gasteiger partial charge in [-0.05, 0) is 30.5 Å². The van der Waals surface area contributed by atoms with Crippen LogP contribution < -0.4 is 5.32 Å². The van der Waals surface area contributed by atoms with E-state index in [4.69, 9.17) is 6.42 Å². The molecule has 0 saturated carbocycles. The van der Waals surface area contributed by atoms with Crippen molar-refractivity contribution in [3.8, 4) is 12.3 Å². The van der Waals surface area contributed by atoms with Gasteiger partial charge in [-0.3, -0.25) is 0 Å². The van der Waals surface area contributed by atoms with Crippen LogP contribution in [-0.2, 0) is 4.79 Å². The standard InChI is InChI=1S/C15H16N2O3/c1-3-11-5-4-6-12(9-11)16-15(20)17-8-7-10(2)13(17)14(18)19/h1,4-6,9-10,13H,7-8H2,2H3,(H,16,20)(H,18,19). The summed E-state index contributed by atoms with van der Waals surface area (Å²) in [6.45, 7) is 2.28. The van der Waals surface area contributed by atoms with Crippen molar-refractivity contribution in [2.75, 3.05) is 11.9 Å². The number of urea groups is 1. The van der Waals surface area contributed by atoms with Gasteiger partial charge < -0.3 is 15.3 Å². The quantitative estimate of drug-likeness (QED) is 0.809. The van der Waals surface area contributed by atoms with Crippen molar-refractivity contribution in [2.45, 2.75) is 19.4 Å². The molecule has 20 heavy (non-hydrogen) atoms. The van der Waals surface area contributed by atoms with Gasteiger partial charge in [0.25, 0.3) is 0 Å². The van der Waals surface area contributed by atoms with Crippen molar-refractivity contribution in [2.24, 2.45) is 5.92 Å². The first-order valence-corrected chi connectivity index (χ1v) is 6.40. The predicted octanol–water partition coefficient (Wildman–Crippen LogP) is 1.99. The molecule has 2 rings (SSSR count). The minimum absolute atomic E-state index is 0.0460. The Morgan fingerprint density at radius 3 is 2.90 bits per heavy atom. The summed E-state index contributed by atoms with van der Waals surface area (Å²) in [5.74, 6) is 1.47. The van der Waals surface area contributed by atoms with Gasteiger partial charge in [-0.1, -0.05) is 18.9 Å². The molecule has 2 N–H and O–H groups in total. The number of benzene rings is 1. The second-order valence-electron chi connectivity index (χ2n) is 4.90. The molecule has 0 aromatic heterocycles. The first-order chi connectivity index (χ1) is 9.52. The van der Waals surface area contributed by atoms with E-state index >= 15 is 0 Å². The van der Waals surface area contributed by atoms with E-state index in [0.29, 0.717) is 24.2 Å². The van der Waals surface area contributed by atoms with Crippen molar-refractivity contribution < 1.29 is 14.7 Å². The number of amides is 2. The lowest BCUT2D eigenvalue weighted by atomic mass is 10.0. The smallest absolute Gasteiger partial charge is 0.326 e. The SMILES string of the molecule is C#Cc1cccc(NC(=O)N2CCC(C)C2C(=O)O)c1. The highest BCUT2D eigenvalue weighted by molar-refractivity contribution is 5.93. The number of rotatable bonds is 2. The molecule has 104 valence electrons. The van der Waals surface area contributed by atoms with Gasteiger partial charge in [0.1, 0.15) is 6.04 Å². The molecule has 5 nitrogen and oxygen atoms in total.